The van der Waals surface area contributed by atoms with Crippen LogP contribution in [0.3, 0.4) is 0 Å². The summed E-state index contributed by atoms with van der Waals surface area (Å²) in [6.45, 7) is 2.68. The Balaban J connectivity index is 1.79. The Labute approximate surface area is 112 Å². The Bertz CT molecular complexity index is 417. The fraction of sp³-hybridized carbons (Fsp3) is 0.600. The van der Waals surface area contributed by atoms with Crippen LogP contribution in [0.5, 0.6) is 0 Å². The van der Waals surface area contributed by atoms with Crippen LogP contribution in [0.25, 0.3) is 0 Å². The van der Waals surface area contributed by atoms with Crippen LogP contribution in [0.2, 0.25) is 0 Å². The average molecular weight is 270 g/mol. The molecule has 1 aromatic carbocycles. The molecule has 2 rings (SSSR count). The topological polar surface area (TPSA) is 29.5 Å². The smallest absolute Gasteiger partial charge is 0.162 e. The number of hydrogen-bond acceptors (Lipinski definition) is 2. The fourth-order valence-electron chi connectivity index (χ4n) is 2.67. The van der Waals surface area contributed by atoms with Crippen LogP contribution >= 0.6 is 0 Å². The van der Waals surface area contributed by atoms with Crippen LogP contribution in [0.1, 0.15) is 31.7 Å². The van der Waals surface area contributed by atoms with Gasteiger partial charge in [0.05, 0.1) is 12.2 Å². The molecule has 0 aromatic heterocycles. The summed E-state index contributed by atoms with van der Waals surface area (Å²) in [7, 11) is 0. The zero-order valence-corrected chi connectivity index (χ0v) is 11.1. The number of halogens is 2. The molecular formula is C15H20F2O2. The van der Waals surface area contributed by atoms with E-state index in [1.807, 2.05) is 6.92 Å². The van der Waals surface area contributed by atoms with Crippen molar-refractivity contribution in [2.45, 2.75) is 44.8 Å². The van der Waals surface area contributed by atoms with Crippen molar-refractivity contribution in [3.8, 4) is 0 Å². The molecule has 106 valence electrons. The van der Waals surface area contributed by atoms with Crippen molar-refractivity contribution < 1.29 is 18.6 Å². The SMILES string of the molecule is CCOC1CC(CC(O)Cc2cccc(F)c2F)C1. The zero-order valence-electron chi connectivity index (χ0n) is 11.1. The van der Waals surface area contributed by atoms with E-state index in [4.69, 9.17) is 4.74 Å². The lowest BCUT2D eigenvalue weighted by molar-refractivity contribution is -0.0376. The Hall–Kier alpha value is -1.00. The van der Waals surface area contributed by atoms with Gasteiger partial charge in [-0.15, -0.1) is 0 Å². The highest BCUT2D eigenvalue weighted by Crippen LogP contribution is 2.34. The molecule has 0 saturated heterocycles. The summed E-state index contributed by atoms with van der Waals surface area (Å²) in [6, 6.07) is 4.07. The molecule has 0 spiro atoms. The lowest BCUT2D eigenvalue weighted by Gasteiger charge is -2.36. The lowest BCUT2D eigenvalue weighted by Crippen LogP contribution is -2.34. The van der Waals surface area contributed by atoms with Gasteiger partial charge in [0.15, 0.2) is 11.6 Å². The summed E-state index contributed by atoms with van der Waals surface area (Å²) in [5, 5.41) is 9.94. The van der Waals surface area contributed by atoms with Gasteiger partial charge in [0.1, 0.15) is 0 Å². The van der Waals surface area contributed by atoms with E-state index in [-0.39, 0.29) is 12.0 Å². The summed E-state index contributed by atoms with van der Waals surface area (Å²) in [5.41, 5.74) is 0.244. The van der Waals surface area contributed by atoms with Crippen LogP contribution in [0.15, 0.2) is 18.2 Å². The van der Waals surface area contributed by atoms with E-state index in [0.29, 0.717) is 25.0 Å². The van der Waals surface area contributed by atoms with Crippen molar-refractivity contribution in [1.82, 2.24) is 0 Å². The van der Waals surface area contributed by atoms with Gasteiger partial charge in [-0.3, -0.25) is 0 Å². The molecule has 19 heavy (non-hydrogen) atoms. The van der Waals surface area contributed by atoms with Gasteiger partial charge in [-0.1, -0.05) is 12.1 Å². The van der Waals surface area contributed by atoms with Gasteiger partial charge < -0.3 is 9.84 Å². The molecule has 1 unspecified atom stereocenters. The molecular weight excluding hydrogens is 250 g/mol. The maximum absolute atomic E-state index is 13.5. The fourth-order valence-corrected chi connectivity index (χ4v) is 2.67. The second kappa shape index (κ2) is 6.44. The van der Waals surface area contributed by atoms with E-state index in [1.165, 1.54) is 12.1 Å². The van der Waals surface area contributed by atoms with Crippen molar-refractivity contribution >= 4 is 0 Å². The standard InChI is InChI=1S/C15H20F2O2/c1-2-19-13-7-10(8-13)6-12(18)9-11-4-3-5-14(16)15(11)17/h3-5,10,12-13,18H,2,6-9H2,1H3. The Kier molecular flexibility index (Phi) is 4.88. The molecule has 1 atom stereocenters. The molecule has 1 aromatic rings. The molecule has 0 bridgehead atoms. The summed E-state index contributed by atoms with van der Waals surface area (Å²) in [5.74, 6) is -1.27. The van der Waals surface area contributed by atoms with Crippen molar-refractivity contribution in [3.63, 3.8) is 0 Å². The van der Waals surface area contributed by atoms with Crippen LogP contribution in [-0.2, 0) is 11.2 Å². The summed E-state index contributed by atoms with van der Waals surface area (Å²) < 4.78 is 31.9. The lowest BCUT2D eigenvalue weighted by atomic mass is 9.78. The quantitative estimate of drug-likeness (QED) is 0.860. The highest BCUT2D eigenvalue weighted by Gasteiger charge is 2.31. The predicted octanol–water partition coefficient (Wildman–Crippen LogP) is 3.07. The number of aliphatic hydroxyl groups is 1. The maximum atomic E-state index is 13.5. The third kappa shape index (κ3) is 3.74. The third-order valence-corrected chi connectivity index (χ3v) is 3.69. The normalized spacial score (nSPS) is 24.0. The predicted molar refractivity (Wildman–Crippen MR) is 68.8 cm³/mol. The molecule has 1 saturated carbocycles. The minimum atomic E-state index is -0.857. The minimum Gasteiger partial charge on any atom is -0.393 e. The minimum absolute atomic E-state index is 0.166. The maximum Gasteiger partial charge on any atom is 0.162 e. The van der Waals surface area contributed by atoms with Crippen LogP contribution in [0, 0.1) is 17.6 Å². The van der Waals surface area contributed by atoms with E-state index in [1.54, 1.807) is 0 Å². The first-order valence-electron chi connectivity index (χ1n) is 6.82. The first-order valence-corrected chi connectivity index (χ1v) is 6.82. The number of benzene rings is 1. The van der Waals surface area contributed by atoms with E-state index in [0.717, 1.165) is 18.9 Å². The van der Waals surface area contributed by atoms with Gasteiger partial charge in [0, 0.05) is 13.0 Å². The average Bonchev–Trinajstić information content (AvgIpc) is 2.32. The van der Waals surface area contributed by atoms with E-state index in [2.05, 4.69) is 0 Å². The highest BCUT2D eigenvalue weighted by molar-refractivity contribution is 5.19. The molecule has 0 aliphatic heterocycles. The zero-order chi connectivity index (χ0) is 13.8. The highest BCUT2D eigenvalue weighted by atomic mass is 19.2. The van der Waals surface area contributed by atoms with Gasteiger partial charge >= 0.3 is 0 Å². The van der Waals surface area contributed by atoms with Crippen molar-refractivity contribution in [1.29, 1.82) is 0 Å². The molecule has 0 amide bonds. The van der Waals surface area contributed by atoms with Crippen molar-refractivity contribution in [2.75, 3.05) is 6.61 Å². The Morgan fingerprint density at radius 1 is 1.37 bits per heavy atom. The first kappa shape index (κ1) is 14.4. The molecule has 1 aliphatic rings. The summed E-state index contributed by atoms with van der Waals surface area (Å²) >= 11 is 0. The molecule has 1 aliphatic carbocycles. The van der Waals surface area contributed by atoms with E-state index < -0.39 is 17.7 Å². The van der Waals surface area contributed by atoms with Crippen LogP contribution in [0.4, 0.5) is 8.78 Å². The monoisotopic (exact) mass is 270 g/mol. The molecule has 0 heterocycles. The molecule has 4 heteroatoms. The van der Waals surface area contributed by atoms with Gasteiger partial charge in [-0.2, -0.15) is 0 Å². The van der Waals surface area contributed by atoms with Crippen molar-refractivity contribution in [3.05, 3.63) is 35.4 Å². The van der Waals surface area contributed by atoms with Gasteiger partial charge in [-0.25, -0.2) is 8.78 Å². The van der Waals surface area contributed by atoms with Crippen LogP contribution < -0.4 is 0 Å². The van der Waals surface area contributed by atoms with Crippen LogP contribution in [-0.4, -0.2) is 23.9 Å². The second-order valence-corrected chi connectivity index (χ2v) is 5.22. The van der Waals surface area contributed by atoms with E-state index in [9.17, 15) is 13.9 Å². The number of hydrogen-bond donors (Lipinski definition) is 1. The number of aliphatic hydroxyl groups excluding tert-OH is 1. The van der Waals surface area contributed by atoms with Gasteiger partial charge in [0.25, 0.3) is 0 Å². The number of rotatable bonds is 6. The largest absolute Gasteiger partial charge is 0.393 e. The Morgan fingerprint density at radius 2 is 2.11 bits per heavy atom. The molecule has 1 fully saturated rings. The Morgan fingerprint density at radius 3 is 2.79 bits per heavy atom. The van der Waals surface area contributed by atoms with Gasteiger partial charge in [-0.05, 0) is 43.7 Å². The summed E-state index contributed by atoms with van der Waals surface area (Å²) in [4.78, 5) is 0. The van der Waals surface area contributed by atoms with E-state index >= 15 is 0 Å². The third-order valence-electron chi connectivity index (χ3n) is 3.69. The molecule has 0 radical (unpaired) electrons. The molecule has 1 N–H and O–H groups in total. The van der Waals surface area contributed by atoms with Crippen molar-refractivity contribution in [2.24, 2.45) is 5.92 Å². The first-order chi connectivity index (χ1) is 9.10. The molecule has 2 nitrogen and oxygen atoms in total. The van der Waals surface area contributed by atoms with Gasteiger partial charge in [0.2, 0.25) is 0 Å². The number of ether oxygens (including phenoxy) is 1. The second-order valence-electron chi connectivity index (χ2n) is 5.22. The summed E-state index contributed by atoms with van der Waals surface area (Å²) in [6.07, 6.45) is 2.39.